The minimum absolute atomic E-state index is 0.0621. The van der Waals surface area contributed by atoms with Crippen LogP contribution in [0.15, 0.2) is 39.7 Å². The molecule has 0 spiro atoms. The number of anilines is 1. The average Bonchev–Trinajstić information content (AvgIpc) is 2.42. The maximum atomic E-state index is 12.3. The van der Waals surface area contributed by atoms with Crippen molar-refractivity contribution in [1.29, 1.82) is 0 Å². The predicted octanol–water partition coefficient (Wildman–Crippen LogP) is 3.07. The molecule has 5 nitrogen and oxygen atoms in total. The predicted molar refractivity (Wildman–Crippen MR) is 86.8 cm³/mol. The van der Waals surface area contributed by atoms with E-state index in [9.17, 15) is 8.42 Å². The highest BCUT2D eigenvalue weighted by Gasteiger charge is 2.16. The van der Waals surface area contributed by atoms with E-state index >= 15 is 0 Å². The quantitative estimate of drug-likeness (QED) is 0.840. The standard InChI is InChI=1S/C13H13BrClN3O2S/c1-8-11(14)4-5-13(17-8)18-21(19,20)10-3-2-9(7-16)12(15)6-10/h2-6H,7,16H2,1H3,(H,17,18). The Morgan fingerprint density at radius 3 is 2.62 bits per heavy atom. The second-order valence-corrected chi connectivity index (χ2v) is 7.27. The van der Waals surface area contributed by atoms with Crippen LogP contribution in [0.1, 0.15) is 11.3 Å². The minimum atomic E-state index is -3.74. The van der Waals surface area contributed by atoms with Crippen LogP contribution in [0.5, 0.6) is 0 Å². The molecule has 1 heterocycles. The lowest BCUT2D eigenvalue weighted by atomic mass is 10.2. The number of nitrogens with two attached hydrogens (primary N) is 1. The fourth-order valence-electron chi connectivity index (χ4n) is 1.66. The summed E-state index contributed by atoms with van der Waals surface area (Å²) in [5.74, 6) is 0.245. The maximum absolute atomic E-state index is 12.3. The van der Waals surface area contributed by atoms with Crippen molar-refractivity contribution in [3.05, 3.63) is 51.1 Å². The number of hydrogen-bond donors (Lipinski definition) is 2. The first kappa shape index (κ1) is 16.2. The third-order valence-corrected chi connectivity index (χ3v) is 5.36. The zero-order valence-corrected chi connectivity index (χ0v) is 14.3. The van der Waals surface area contributed by atoms with Crippen LogP contribution in [0.4, 0.5) is 5.82 Å². The average molecular weight is 391 g/mol. The molecule has 0 unspecified atom stereocenters. The van der Waals surface area contributed by atoms with Crippen molar-refractivity contribution >= 4 is 43.4 Å². The van der Waals surface area contributed by atoms with Crippen LogP contribution in [0.25, 0.3) is 0 Å². The van der Waals surface area contributed by atoms with E-state index in [1.165, 1.54) is 12.1 Å². The molecule has 0 aliphatic carbocycles. The van der Waals surface area contributed by atoms with Crippen molar-refractivity contribution in [1.82, 2.24) is 4.98 Å². The molecule has 1 aromatic carbocycles. The number of benzene rings is 1. The highest BCUT2D eigenvalue weighted by molar-refractivity contribution is 9.10. The number of aromatic nitrogens is 1. The minimum Gasteiger partial charge on any atom is -0.326 e. The lowest BCUT2D eigenvalue weighted by molar-refractivity contribution is 0.601. The molecule has 0 radical (unpaired) electrons. The largest absolute Gasteiger partial charge is 0.326 e. The fourth-order valence-corrected chi connectivity index (χ4v) is 3.23. The van der Waals surface area contributed by atoms with E-state index in [1.807, 2.05) is 0 Å². The maximum Gasteiger partial charge on any atom is 0.263 e. The zero-order chi connectivity index (χ0) is 15.6. The number of nitrogens with zero attached hydrogens (tertiary/aromatic N) is 1. The van der Waals surface area contributed by atoms with Gasteiger partial charge in [-0.2, -0.15) is 0 Å². The molecule has 3 N–H and O–H groups in total. The van der Waals surface area contributed by atoms with Crippen molar-refractivity contribution in [2.24, 2.45) is 5.73 Å². The highest BCUT2D eigenvalue weighted by Crippen LogP contribution is 2.23. The number of pyridine rings is 1. The van der Waals surface area contributed by atoms with Gasteiger partial charge in [0.2, 0.25) is 0 Å². The van der Waals surface area contributed by atoms with Gasteiger partial charge in [0, 0.05) is 16.0 Å². The molecule has 0 aliphatic rings. The van der Waals surface area contributed by atoms with E-state index in [2.05, 4.69) is 25.6 Å². The van der Waals surface area contributed by atoms with E-state index in [0.29, 0.717) is 16.3 Å². The Morgan fingerprint density at radius 1 is 1.33 bits per heavy atom. The van der Waals surface area contributed by atoms with Crippen molar-refractivity contribution in [2.75, 3.05) is 4.72 Å². The highest BCUT2D eigenvalue weighted by atomic mass is 79.9. The molecular weight excluding hydrogens is 378 g/mol. The van der Waals surface area contributed by atoms with Crippen molar-refractivity contribution in [3.8, 4) is 0 Å². The van der Waals surface area contributed by atoms with Gasteiger partial charge in [0.1, 0.15) is 5.82 Å². The van der Waals surface area contributed by atoms with Crippen LogP contribution in [-0.4, -0.2) is 13.4 Å². The second-order valence-electron chi connectivity index (χ2n) is 4.33. The van der Waals surface area contributed by atoms with Crippen LogP contribution in [0, 0.1) is 6.92 Å². The number of sulfonamides is 1. The summed E-state index contributed by atoms with van der Waals surface area (Å²) < 4.78 is 27.8. The Morgan fingerprint density at radius 2 is 2.05 bits per heavy atom. The van der Waals surface area contributed by atoms with Gasteiger partial charge in [-0.05, 0) is 52.7 Å². The van der Waals surface area contributed by atoms with Gasteiger partial charge in [0.15, 0.2) is 0 Å². The molecule has 0 saturated carbocycles. The van der Waals surface area contributed by atoms with Crippen LogP contribution in [0.3, 0.4) is 0 Å². The van der Waals surface area contributed by atoms with Gasteiger partial charge in [-0.1, -0.05) is 17.7 Å². The third-order valence-electron chi connectivity index (χ3n) is 2.82. The number of rotatable bonds is 4. The summed E-state index contributed by atoms with van der Waals surface area (Å²) in [7, 11) is -3.74. The molecule has 8 heteroatoms. The first-order chi connectivity index (χ1) is 9.83. The monoisotopic (exact) mass is 389 g/mol. The van der Waals surface area contributed by atoms with E-state index in [0.717, 1.165) is 4.47 Å². The zero-order valence-electron chi connectivity index (χ0n) is 11.1. The molecule has 21 heavy (non-hydrogen) atoms. The van der Waals surface area contributed by atoms with Crippen LogP contribution in [0.2, 0.25) is 5.02 Å². The molecule has 0 bridgehead atoms. The Bertz CT molecular complexity index is 781. The molecule has 0 saturated heterocycles. The summed E-state index contributed by atoms with van der Waals surface area (Å²) in [4.78, 5) is 4.21. The summed E-state index contributed by atoms with van der Waals surface area (Å²) in [6.07, 6.45) is 0. The SMILES string of the molecule is Cc1nc(NS(=O)(=O)c2ccc(CN)c(Cl)c2)ccc1Br. The normalized spacial score (nSPS) is 11.4. The van der Waals surface area contributed by atoms with E-state index < -0.39 is 10.0 Å². The smallest absolute Gasteiger partial charge is 0.263 e. The van der Waals surface area contributed by atoms with Crippen LogP contribution < -0.4 is 10.5 Å². The van der Waals surface area contributed by atoms with Gasteiger partial charge in [-0.25, -0.2) is 13.4 Å². The van der Waals surface area contributed by atoms with Crippen molar-refractivity contribution in [2.45, 2.75) is 18.4 Å². The first-order valence-corrected chi connectivity index (χ1v) is 8.63. The number of aryl methyl sites for hydroxylation is 1. The summed E-state index contributed by atoms with van der Waals surface area (Å²) in [5.41, 5.74) is 6.88. The van der Waals surface area contributed by atoms with Gasteiger partial charge in [0.25, 0.3) is 10.0 Å². The Kier molecular flexibility index (Phi) is 4.88. The van der Waals surface area contributed by atoms with Gasteiger partial charge in [-0.15, -0.1) is 0 Å². The summed E-state index contributed by atoms with van der Waals surface area (Å²) in [6.45, 7) is 2.02. The van der Waals surface area contributed by atoms with Crippen LogP contribution >= 0.6 is 27.5 Å². The number of halogens is 2. The topological polar surface area (TPSA) is 85.1 Å². The summed E-state index contributed by atoms with van der Waals surface area (Å²) in [5, 5.41) is 0.320. The van der Waals surface area contributed by atoms with Gasteiger partial charge in [-0.3, -0.25) is 4.72 Å². The molecule has 0 fully saturated rings. The molecule has 0 amide bonds. The fraction of sp³-hybridized carbons (Fsp3) is 0.154. The lowest BCUT2D eigenvalue weighted by Gasteiger charge is -2.10. The molecule has 2 rings (SSSR count). The number of hydrogen-bond acceptors (Lipinski definition) is 4. The Hall–Kier alpha value is -1.15. The number of nitrogens with one attached hydrogen (secondary N) is 1. The Labute approximate surface area is 136 Å². The molecule has 2 aromatic rings. The van der Waals surface area contributed by atoms with E-state index in [4.69, 9.17) is 17.3 Å². The third kappa shape index (κ3) is 3.74. The van der Waals surface area contributed by atoms with Crippen LogP contribution in [-0.2, 0) is 16.6 Å². The summed E-state index contributed by atoms with van der Waals surface area (Å²) in [6, 6.07) is 7.73. The van der Waals surface area contributed by atoms with E-state index in [1.54, 1.807) is 25.1 Å². The molecule has 0 aliphatic heterocycles. The van der Waals surface area contributed by atoms with Gasteiger partial charge in [0.05, 0.1) is 10.6 Å². The van der Waals surface area contributed by atoms with Gasteiger partial charge < -0.3 is 5.73 Å². The summed E-state index contributed by atoms with van der Waals surface area (Å²) >= 11 is 9.30. The van der Waals surface area contributed by atoms with Crippen molar-refractivity contribution in [3.63, 3.8) is 0 Å². The molecule has 0 atom stereocenters. The van der Waals surface area contributed by atoms with Crippen molar-refractivity contribution < 1.29 is 8.42 Å². The Balaban J connectivity index is 2.33. The molecule has 112 valence electrons. The first-order valence-electron chi connectivity index (χ1n) is 5.98. The van der Waals surface area contributed by atoms with Gasteiger partial charge >= 0.3 is 0 Å². The molecule has 1 aromatic heterocycles. The lowest BCUT2D eigenvalue weighted by Crippen LogP contribution is -2.14. The molecular formula is C13H13BrClN3O2S. The second kappa shape index (κ2) is 6.31. The van der Waals surface area contributed by atoms with E-state index in [-0.39, 0.29) is 17.3 Å².